The first-order chi connectivity index (χ1) is 17.0. The van der Waals surface area contributed by atoms with Crippen molar-refractivity contribution in [1.82, 2.24) is 20.5 Å². The van der Waals surface area contributed by atoms with Gasteiger partial charge in [-0.25, -0.2) is 9.78 Å². The van der Waals surface area contributed by atoms with Gasteiger partial charge >= 0.3 is 6.03 Å². The molecule has 8 nitrogen and oxygen atoms in total. The maximum atomic E-state index is 12.4. The van der Waals surface area contributed by atoms with Crippen molar-refractivity contribution in [3.05, 3.63) is 59.4 Å². The van der Waals surface area contributed by atoms with E-state index in [4.69, 9.17) is 0 Å². The number of pyridine rings is 1. The van der Waals surface area contributed by atoms with Crippen LogP contribution >= 0.6 is 11.8 Å². The first-order valence-electron chi connectivity index (χ1n) is 12.2. The molecule has 2 aliphatic rings. The topological polar surface area (TPSA) is 103 Å². The quantitative estimate of drug-likeness (QED) is 0.236. The van der Waals surface area contributed by atoms with E-state index >= 15 is 0 Å². The number of aldehydes is 1. The van der Waals surface area contributed by atoms with E-state index in [-0.39, 0.29) is 24.0 Å². The van der Waals surface area contributed by atoms with Crippen LogP contribution in [-0.4, -0.2) is 57.7 Å². The monoisotopic (exact) mass is 495 g/mol. The highest BCUT2D eigenvalue weighted by atomic mass is 32.2. The van der Waals surface area contributed by atoms with Crippen molar-refractivity contribution in [3.63, 3.8) is 0 Å². The molecule has 186 valence electrons. The number of carbonyl (C=O) groups is 3. The van der Waals surface area contributed by atoms with Gasteiger partial charge in [0.05, 0.1) is 17.8 Å². The fourth-order valence-corrected chi connectivity index (χ4v) is 6.15. The van der Waals surface area contributed by atoms with Crippen LogP contribution in [0.4, 0.5) is 10.5 Å². The highest BCUT2D eigenvalue weighted by molar-refractivity contribution is 8.00. The van der Waals surface area contributed by atoms with E-state index in [1.54, 1.807) is 6.07 Å². The molecule has 0 aliphatic carbocycles. The van der Waals surface area contributed by atoms with Gasteiger partial charge in [0, 0.05) is 36.2 Å². The van der Waals surface area contributed by atoms with Crippen LogP contribution in [0.5, 0.6) is 0 Å². The number of fused-ring (bicyclic) bond motifs is 1. The number of hydrogen-bond donors (Lipinski definition) is 3. The molecule has 0 spiro atoms. The van der Waals surface area contributed by atoms with Crippen LogP contribution in [0.3, 0.4) is 0 Å². The van der Waals surface area contributed by atoms with E-state index in [1.807, 2.05) is 48.2 Å². The molecule has 1 aromatic carbocycles. The third kappa shape index (κ3) is 7.05. The molecule has 3 unspecified atom stereocenters. The van der Waals surface area contributed by atoms with Crippen LogP contribution < -0.4 is 16.0 Å². The summed E-state index contributed by atoms with van der Waals surface area (Å²) in [6, 6.07) is 13.9. The largest absolute Gasteiger partial charge is 0.332 e. The third-order valence-electron chi connectivity index (χ3n) is 6.51. The van der Waals surface area contributed by atoms with Crippen LogP contribution in [0.1, 0.15) is 54.4 Å². The van der Waals surface area contributed by atoms with Gasteiger partial charge in [0.1, 0.15) is 5.69 Å². The molecular formula is C26H33N5O3S. The lowest BCUT2D eigenvalue weighted by Crippen LogP contribution is -2.36. The normalized spacial score (nSPS) is 20.9. The fourth-order valence-electron chi connectivity index (χ4n) is 4.61. The van der Waals surface area contributed by atoms with Gasteiger partial charge < -0.3 is 16.0 Å². The Hall–Kier alpha value is -2.91. The summed E-state index contributed by atoms with van der Waals surface area (Å²) in [5.41, 5.74) is 3.27. The molecule has 1 aromatic heterocycles. The molecule has 3 heterocycles. The minimum Gasteiger partial charge on any atom is -0.332 e. The number of amides is 3. The van der Waals surface area contributed by atoms with Gasteiger partial charge in [0.2, 0.25) is 5.91 Å². The lowest BCUT2D eigenvalue weighted by atomic mass is 10.0. The van der Waals surface area contributed by atoms with Gasteiger partial charge in [-0.1, -0.05) is 31.5 Å². The molecule has 3 atom stereocenters. The maximum absolute atomic E-state index is 12.4. The second-order valence-electron chi connectivity index (χ2n) is 9.09. The Morgan fingerprint density at radius 2 is 2.00 bits per heavy atom. The number of thioether (sulfide) groups is 1. The van der Waals surface area contributed by atoms with Crippen molar-refractivity contribution in [2.24, 2.45) is 0 Å². The number of nitrogens with zero attached hydrogens (tertiary/aromatic N) is 2. The predicted octanol–water partition coefficient (Wildman–Crippen LogP) is 3.58. The Labute approximate surface area is 210 Å². The first-order valence-corrected chi connectivity index (χ1v) is 13.3. The number of nitrogens with one attached hydrogen (secondary N) is 3. The third-order valence-corrected chi connectivity index (χ3v) is 8.02. The van der Waals surface area contributed by atoms with E-state index < -0.39 is 0 Å². The number of unbranched alkanes of at least 4 members (excludes halogenated alkanes) is 1. The zero-order valence-corrected chi connectivity index (χ0v) is 20.9. The first kappa shape index (κ1) is 25.2. The molecule has 35 heavy (non-hydrogen) atoms. The number of hydrogen-bond acceptors (Lipinski definition) is 6. The average molecular weight is 496 g/mol. The molecule has 2 aliphatic heterocycles. The molecule has 0 bridgehead atoms. The van der Waals surface area contributed by atoms with Crippen molar-refractivity contribution >= 4 is 35.7 Å². The van der Waals surface area contributed by atoms with Gasteiger partial charge in [-0.05, 0) is 49.2 Å². The van der Waals surface area contributed by atoms with Gasteiger partial charge in [-0.2, -0.15) is 11.8 Å². The summed E-state index contributed by atoms with van der Waals surface area (Å²) < 4.78 is 0. The van der Waals surface area contributed by atoms with Gasteiger partial charge in [0.25, 0.3) is 0 Å². The molecule has 2 saturated heterocycles. The fraction of sp³-hybridized carbons (Fsp3) is 0.462. The number of carbonyl (C=O) groups excluding carboxylic acids is 3. The summed E-state index contributed by atoms with van der Waals surface area (Å²) >= 11 is 1.91. The number of rotatable bonds is 12. The van der Waals surface area contributed by atoms with Crippen LogP contribution in [-0.2, 0) is 17.9 Å². The van der Waals surface area contributed by atoms with E-state index in [0.717, 1.165) is 61.3 Å². The zero-order valence-electron chi connectivity index (χ0n) is 20.0. The molecule has 9 heteroatoms. The molecule has 4 rings (SSSR count). The molecule has 0 radical (unpaired) electrons. The second kappa shape index (κ2) is 12.2. The van der Waals surface area contributed by atoms with Crippen molar-refractivity contribution in [2.75, 3.05) is 17.6 Å². The Kier molecular flexibility index (Phi) is 8.76. The van der Waals surface area contributed by atoms with Crippen LogP contribution in [0, 0.1) is 0 Å². The number of benzene rings is 1. The second-order valence-corrected chi connectivity index (χ2v) is 10.4. The highest BCUT2D eigenvalue weighted by Gasteiger charge is 2.42. The Balaban J connectivity index is 1.17. The van der Waals surface area contributed by atoms with Gasteiger partial charge in [0.15, 0.2) is 6.29 Å². The summed E-state index contributed by atoms with van der Waals surface area (Å²) in [5, 5.41) is 9.40. The number of aromatic nitrogens is 1. The highest BCUT2D eigenvalue weighted by Crippen LogP contribution is 2.33. The smallest absolute Gasteiger partial charge is 0.315 e. The molecule has 3 amide bonds. The van der Waals surface area contributed by atoms with E-state index in [0.29, 0.717) is 23.9 Å². The number of anilines is 1. The molecular weight excluding hydrogens is 462 g/mol. The predicted molar refractivity (Wildman–Crippen MR) is 138 cm³/mol. The lowest BCUT2D eigenvalue weighted by Gasteiger charge is -2.20. The summed E-state index contributed by atoms with van der Waals surface area (Å²) in [4.78, 5) is 41.4. The Morgan fingerprint density at radius 3 is 2.77 bits per heavy atom. The van der Waals surface area contributed by atoms with Crippen molar-refractivity contribution in [2.45, 2.75) is 63.0 Å². The maximum Gasteiger partial charge on any atom is 0.315 e. The standard InChI is InChI=1S/C26H33N5O3S/c1-2-31(15-20-6-5-7-21(16-32)27-20)14-18-10-12-19(13-11-18)28-24(33)9-4-3-8-23-25-22(17-35-23)29-26(34)30-25/h5-7,10-13,16,22-23,25H,2-4,8-9,14-15,17H2,1H3,(H,28,33)(H2,29,30,34). The number of urea groups is 1. The Morgan fingerprint density at radius 1 is 1.17 bits per heavy atom. The summed E-state index contributed by atoms with van der Waals surface area (Å²) in [7, 11) is 0. The van der Waals surface area contributed by atoms with Crippen LogP contribution in [0.15, 0.2) is 42.5 Å². The van der Waals surface area contributed by atoms with Crippen LogP contribution in [0.2, 0.25) is 0 Å². The van der Waals surface area contributed by atoms with Crippen LogP contribution in [0.25, 0.3) is 0 Å². The summed E-state index contributed by atoms with van der Waals surface area (Å²) in [5.74, 6) is 0.993. The van der Waals surface area contributed by atoms with Gasteiger partial charge in [-0.3, -0.25) is 14.5 Å². The van der Waals surface area contributed by atoms with Crippen molar-refractivity contribution < 1.29 is 14.4 Å². The van der Waals surface area contributed by atoms with E-state index in [2.05, 4.69) is 32.8 Å². The SMILES string of the molecule is CCN(Cc1ccc(NC(=O)CCCCC2SCC3NC(=O)NC32)cc1)Cc1cccc(C=O)n1. The molecule has 0 saturated carbocycles. The minimum absolute atomic E-state index is 0.0295. The molecule has 2 aromatic rings. The lowest BCUT2D eigenvalue weighted by molar-refractivity contribution is -0.116. The van der Waals surface area contributed by atoms with Crippen molar-refractivity contribution in [3.8, 4) is 0 Å². The zero-order chi connectivity index (χ0) is 24.6. The molecule has 3 N–H and O–H groups in total. The molecule has 2 fully saturated rings. The van der Waals surface area contributed by atoms with Gasteiger partial charge in [-0.15, -0.1) is 0 Å². The Bertz CT molecular complexity index is 1030. The summed E-state index contributed by atoms with van der Waals surface area (Å²) in [6.45, 7) is 4.38. The minimum atomic E-state index is -0.0560. The van der Waals surface area contributed by atoms with E-state index in [1.165, 1.54) is 0 Å². The van der Waals surface area contributed by atoms with Crippen molar-refractivity contribution in [1.29, 1.82) is 0 Å². The van der Waals surface area contributed by atoms with E-state index in [9.17, 15) is 14.4 Å². The summed E-state index contributed by atoms with van der Waals surface area (Å²) in [6.07, 6.45) is 4.09. The average Bonchev–Trinajstić information content (AvgIpc) is 3.42.